The lowest BCUT2D eigenvalue weighted by Gasteiger charge is -2.23. The number of carboxylic acids is 1. The lowest BCUT2D eigenvalue weighted by molar-refractivity contribution is -0.138. The molecule has 3 N–H and O–H groups in total. The summed E-state index contributed by atoms with van der Waals surface area (Å²) >= 11 is 0. The summed E-state index contributed by atoms with van der Waals surface area (Å²) in [5.41, 5.74) is 0.747. The van der Waals surface area contributed by atoms with E-state index in [9.17, 15) is 9.90 Å². The molecule has 4 nitrogen and oxygen atoms in total. The fraction of sp³-hybridized carbons (Fsp3) is 0.533. The van der Waals surface area contributed by atoms with Crippen molar-refractivity contribution in [2.75, 3.05) is 6.54 Å². The maximum absolute atomic E-state index is 10.9. The van der Waals surface area contributed by atoms with E-state index >= 15 is 0 Å². The molecule has 4 heteroatoms. The van der Waals surface area contributed by atoms with Crippen LogP contribution < -0.4 is 5.32 Å². The van der Waals surface area contributed by atoms with Gasteiger partial charge in [0.25, 0.3) is 0 Å². The van der Waals surface area contributed by atoms with Crippen molar-refractivity contribution in [3.63, 3.8) is 0 Å². The van der Waals surface area contributed by atoms with Crippen LogP contribution in [0.1, 0.15) is 44.3 Å². The third-order valence-corrected chi connectivity index (χ3v) is 3.10. The Labute approximate surface area is 114 Å². The number of nitrogens with one attached hydrogen (secondary N) is 1. The maximum Gasteiger partial charge on any atom is 0.305 e. The minimum absolute atomic E-state index is 0.0812. The highest BCUT2D eigenvalue weighted by atomic mass is 16.4. The summed E-state index contributed by atoms with van der Waals surface area (Å²) in [7, 11) is 0. The van der Waals surface area contributed by atoms with Crippen molar-refractivity contribution in [3.05, 3.63) is 35.9 Å². The molecule has 0 aromatic heterocycles. The molecule has 0 aliphatic heterocycles. The largest absolute Gasteiger partial charge is 0.481 e. The van der Waals surface area contributed by atoms with Gasteiger partial charge in [-0.3, -0.25) is 4.79 Å². The predicted molar refractivity (Wildman–Crippen MR) is 75.0 cm³/mol. The van der Waals surface area contributed by atoms with E-state index in [0.717, 1.165) is 31.4 Å². The van der Waals surface area contributed by atoms with Gasteiger partial charge in [0, 0.05) is 6.04 Å². The topological polar surface area (TPSA) is 69.6 Å². The summed E-state index contributed by atoms with van der Waals surface area (Å²) in [4.78, 5) is 10.9. The zero-order valence-electron chi connectivity index (χ0n) is 11.4. The van der Waals surface area contributed by atoms with Crippen LogP contribution in [0.15, 0.2) is 30.3 Å². The SMILES string of the molecule is CCCCCNC(CC(=O)O)C(O)c1ccccc1. The van der Waals surface area contributed by atoms with Gasteiger partial charge < -0.3 is 15.5 Å². The Bertz CT molecular complexity index is 367. The van der Waals surface area contributed by atoms with Crippen LogP contribution in [0, 0.1) is 0 Å². The predicted octanol–water partition coefficient (Wildman–Crippen LogP) is 2.34. The number of aliphatic hydroxyl groups is 1. The Morgan fingerprint density at radius 3 is 2.53 bits per heavy atom. The molecule has 0 radical (unpaired) electrons. The number of hydrogen-bond donors (Lipinski definition) is 3. The van der Waals surface area contributed by atoms with Gasteiger partial charge >= 0.3 is 5.97 Å². The van der Waals surface area contributed by atoms with E-state index in [4.69, 9.17) is 5.11 Å². The van der Waals surface area contributed by atoms with E-state index in [1.165, 1.54) is 0 Å². The third-order valence-electron chi connectivity index (χ3n) is 3.10. The first-order chi connectivity index (χ1) is 9.15. The second kappa shape index (κ2) is 8.67. The summed E-state index contributed by atoms with van der Waals surface area (Å²) < 4.78 is 0. The van der Waals surface area contributed by atoms with Crippen molar-refractivity contribution in [2.45, 2.75) is 44.8 Å². The van der Waals surface area contributed by atoms with Gasteiger partial charge in [0.05, 0.1) is 12.5 Å². The van der Waals surface area contributed by atoms with Gasteiger partial charge in [-0.15, -0.1) is 0 Å². The van der Waals surface area contributed by atoms with Crippen LogP contribution in [-0.2, 0) is 4.79 Å². The van der Waals surface area contributed by atoms with Gasteiger partial charge in [-0.25, -0.2) is 0 Å². The molecule has 1 rings (SSSR count). The van der Waals surface area contributed by atoms with Crippen molar-refractivity contribution < 1.29 is 15.0 Å². The number of rotatable bonds is 9. The Hall–Kier alpha value is -1.39. The van der Waals surface area contributed by atoms with Crippen molar-refractivity contribution >= 4 is 5.97 Å². The molecule has 0 aliphatic rings. The van der Waals surface area contributed by atoms with E-state index in [1.54, 1.807) is 0 Å². The second-order valence-corrected chi connectivity index (χ2v) is 4.72. The summed E-state index contributed by atoms with van der Waals surface area (Å²) in [6, 6.07) is 8.73. The molecule has 0 saturated carbocycles. The molecule has 106 valence electrons. The van der Waals surface area contributed by atoms with E-state index in [2.05, 4.69) is 12.2 Å². The van der Waals surface area contributed by atoms with Crippen LogP contribution in [0.25, 0.3) is 0 Å². The smallest absolute Gasteiger partial charge is 0.305 e. The molecule has 1 aromatic rings. The zero-order chi connectivity index (χ0) is 14.1. The molecular formula is C15H23NO3. The zero-order valence-corrected chi connectivity index (χ0v) is 11.4. The number of aliphatic carboxylic acids is 1. The molecule has 0 saturated heterocycles. The minimum atomic E-state index is -0.900. The Morgan fingerprint density at radius 1 is 1.26 bits per heavy atom. The number of carbonyl (C=O) groups is 1. The number of aliphatic hydroxyl groups excluding tert-OH is 1. The highest BCUT2D eigenvalue weighted by Crippen LogP contribution is 2.18. The van der Waals surface area contributed by atoms with Crippen LogP contribution in [0.5, 0.6) is 0 Å². The molecular weight excluding hydrogens is 242 g/mol. The maximum atomic E-state index is 10.9. The van der Waals surface area contributed by atoms with Gasteiger partial charge in [-0.2, -0.15) is 0 Å². The minimum Gasteiger partial charge on any atom is -0.481 e. The van der Waals surface area contributed by atoms with Gasteiger partial charge in [-0.1, -0.05) is 50.1 Å². The molecule has 0 amide bonds. The normalized spacial score (nSPS) is 14.0. The second-order valence-electron chi connectivity index (χ2n) is 4.72. The summed E-state index contributed by atoms with van der Waals surface area (Å²) in [6.07, 6.45) is 2.34. The molecule has 1 aromatic carbocycles. The van der Waals surface area contributed by atoms with Crippen LogP contribution in [0.2, 0.25) is 0 Å². The number of carboxylic acid groups (broad SMARTS) is 1. The molecule has 0 aliphatic carbocycles. The van der Waals surface area contributed by atoms with Crippen LogP contribution in [-0.4, -0.2) is 28.8 Å². The highest BCUT2D eigenvalue weighted by Gasteiger charge is 2.22. The first kappa shape index (κ1) is 15.7. The van der Waals surface area contributed by atoms with Crippen LogP contribution in [0.4, 0.5) is 0 Å². The Balaban J connectivity index is 2.59. The number of hydrogen-bond acceptors (Lipinski definition) is 3. The van der Waals surface area contributed by atoms with Crippen molar-refractivity contribution in [1.29, 1.82) is 0 Å². The summed E-state index contributed by atoms with van der Waals surface area (Å²) in [6.45, 7) is 2.85. The van der Waals surface area contributed by atoms with Gasteiger partial charge in [0.1, 0.15) is 0 Å². The van der Waals surface area contributed by atoms with E-state index in [-0.39, 0.29) is 6.42 Å². The van der Waals surface area contributed by atoms with E-state index in [0.29, 0.717) is 0 Å². The average Bonchev–Trinajstić information content (AvgIpc) is 2.42. The molecule has 0 spiro atoms. The lowest BCUT2D eigenvalue weighted by atomic mass is 9.99. The van der Waals surface area contributed by atoms with Crippen molar-refractivity contribution in [2.24, 2.45) is 0 Å². The lowest BCUT2D eigenvalue weighted by Crippen LogP contribution is -2.37. The Morgan fingerprint density at radius 2 is 1.95 bits per heavy atom. The summed E-state index contributed by atoms with van der Waals surface area (Å²) in [5.74, 6) is -0.900. The van der Waals surface area contributed by atoms with E-state index < -0.39 is 18.1 Å². The average molecular weight is 265 g/mol. The van der Waals surface area contributed by atoms with Gasteiger partial charge in [0.15, 0.2) is 0 Å². The van der Waals surface area contributed by atoms with Crippen LogP contribution >= 0.6 is 0 Å². The van der Waals surface area contributed by atoms with Crippen LogP contribution in [0.3, 0.4) is 0 Å². The fourth-order valence-electron chi connectivity index (χ4n) is 2.03. The highest BCUT2D eigenvalue weighted by molar-refractivity contribution is 5.67. The quantitative estimate of drug-likeness (QED) is 0.599. The monoisotopic (exact) mass is 265 g/mol. The molecule has 0 heterocycles. The van der Waals surface area contributed by atoms with Crippen molar-refractivity contribution in [3.8, 4) is 0 Å². The summed E-state index contributed by atoms with van der Waals surface area (Å²) in [5, 5.41) is 22.3. The fourth-order valence-corrected chi connectivity index (χ4v) is 2.03. The van der Waals surface area contributed by atoms with Gasteiger partial charge in [0.2, 0.25) is 0 Å². The van der Waals surface area contributed by atoms with E-state index in [1.807, 2.05) is 30.3 Å². The van der Waals surface area contributed by atoms with Crippen molar-refractivity contribution in [1.82, 2.24) is 5.32 Å². The van der Waals surface area contributed by atoms with Gasteiger partial charge in [-0.05, 0) is 18.5 Å². The number of benzene rings is 1. The molecule has 2 atom stereocenters. The Kier molecular flexibility index (Phi) is 7.15. The first-order valence-electron chi connectivity index (χ1n) is 6.83. The first-order valence-corrected chi connectivity index (χ1v) is 6.83. The number of unbranched alkanes of at least 4 members (excludes halogenated alkanes) is 2. The molecule has 0 bridgehead atoms. The molecule has 19 heavy (non-hydrogen) atoms. The molecule has 0 fully saturated rings. The molecule has 2 unspecified atom stereocenters. The third kappa shape index (κ3) is 5.85. The standard InChI is InChI=1S/C15H23NO3/c1-2-3-7-10-16-13(11-14(17)18)15(19)12-8-5-4-6-9-12/h4-6,8-9,13,15-16,19H,2-3,7,10-11H2,1H3,(H,17,18).